The summed E-state index contributed by atoms with van der Waals surface area (Å²) in [5.74, 6) is -0.203. The Hall–Kier alpha value is -1.07. The van der Waals surface area contributed by atoms with E-state index in [1.807, 2.05) is 24.3 Å². The van der Waals surface area contributed by atoms with Gasteiger partial charge in [-0.1, -0.05) is 28.1 Å². The molecule has 0 unspecified atom stereocenters. The number of nitrogens with zero attached hydrogens (tertiary/aromatic N) is 1. The van der Waals surface area contributed by atoms with Crippen LogP contribution in [0.4, 0.5) is 4.79 Å². The Balaban J connectivity index is 2.27. The van der Waals surface area contributed by atoms with Crippen molar-refractivity contribution in [2.24, 2.45) is 0 Å². The van der Waals surface area contributed by atoms with Crippen molar-refractivity contribution in [1.82, 2.24) is 4.90 Å². The Morgan fingerprint density at radius 2 is 1.94 bits per heavy atom. The Labute approximate surface area is 112 Å². The van der Waals surface area contributed by atoms with Crippen molar-refractivity contribution in [3.63, 3.8) is 0 Å². The first-order valence-electron chi connectivity index (χ1n) is 5.12. The largest absolute Gasteiger partial charge is 0.293 e. The van der Waals surface area contributed by atoms with Gasteiger partial charge < -0.3 is 0 Å². The van der Waals surface area contributed by atoms with Gasteiger partial charge in [0, 0.05) is 11.0 Å². The quantitative estimate of drug-likeness (QED) is 0.784. The number of imide groups is 1. The van der Waals surface area contributed by atoms with Gasteiger partial charge in [0.1, 0.15) is 0 Å². The highest BCUT2D eigenvalue weighted by molar-refractivity contribution is 9.10. The molecule has 2 amide bonds. The van der Waals surface area contributed by atoms with E-state index < -0.39 is 0 Å². The molecule has 0 atom stereocenters. The van der Waals surface area contributed by atoms with Crippen molar-refractivity contribution in [3.8, 4) is 0 Å². The van der Waals surface area contributed by atoms with Gasteiger partial charge in [-0.05, 0) is 42.5 Å². The minimum atomic E-state index is -0.203. The second kappa shape index (κ2) is 5.06. The molecule has 0 aromatic heterocycles. The Morgan fingerprint density at radius 3 is 2.47 bits per heavy atom. The van der Waals surface area contributed by atoms with Crippen molar-refractivity contribution in [2.45, 2.75) is 6.92 Å². The standard InChI is InChI=1S/C12H10BrNO2S/c1-2-14-11(15)10(17-12(14)16)7-8-3-5-9(13)6-4-8/h3-7H,2H2,1H3/b10-7+. The van der Waals surface area contributed by atoms with Crippen LogP contribution < -0.4 is 0 Å². The van der Waals surface area contributed by atoms with E-state index in [2.05, 4.69) is 15.9 Å². The van der Waals surface area contributed by atoms with Crippen LogP contribution in [0, 0.1) is 0 Å². The van der Waals surface area contributed by atoms with E-state index >= 15 is 0 Å². The van der Waals surface area contributed by atoms with E-state index in [0.29, 0.717) is 11.4 Å². The van der Waals surface area contributed by atoms with Crippen LogP contribution in [0.25, 0.3) is 6.08 Å². The van der Waals surface area contributed by atoms with Gasteiger partial charge in [-0.2, -0.15) is 0 Å². The number of thioether (sulfide) groups is 1. The summed E-state index contributed by atoms with van der Waals surface area (Å²) in [6.45, 7) is 2.21. The topological polar surface area (TPSA) is 37.4 Å². The molecule has 1 aliphatic rings. The lowest BCUT2D eigenvalue weighted by Crippen LogP contribution is -2.27. The molecule has 17 heavy (non-hydrogen) atoms. The summed E-state index contributed by atoms with van der Waals surface area (Å²) in [5, 5.41) is -0.194. The Bertz CT molecular complexity index is 496. The van der Waals surface area contributed by atoms with Gasteiger partial charge in [-0.3, -0.25) is 14.5 Å². The van der Waals surface area contributed by atoms with Gasteiger partial charge in [0.05, 0.1) is 4.91 Å². The summed E-state index contributed by atoms with van der Waals surface area (Å²) >= 11 is 4.34. The highest BCUT2D eigenvalue weighted by Gasteiger charge is 2.33. The number of benzene rings is 1. The summed E-state index contributed by atoms with van der Waals surface area (Å²) < 4.78 is 0.983. The molecule has 0 spiro atoms. The zero-order valence-corrected chi connectivity index (χ0v) is 11.5. The molecule has 1 aromatic carbocycles. The SMILES string of the molecule is CCN1C(=O)S/C(=C/c2ccc(Br)cc2)C1=O. The molecule has 3 nitrogen and oxygen atoms in total. The van der Waals surface area contributed by atoms with Gasteiger partial charge in [0.2, 0.25) is 0 Å². The van der Waals surface area contributed by atoms with Crippen LogP contribution in [0.15, 0.2) is 33.6 Å². The van der Waals surface area contributed by atoms with Crippen molar-refractivity contribution in [2.75, 3.05) is 6.54 Å². The molecule has 0 N–H and O–H groups in total. The molecule has 1 aliphatic heterocycles. The molecule has 0 saturated carbocycles. The number of halogens is 1. The summed E-state index contributed by atoms with van der Waals surface area (Å²) in [5.41, 5.74) is 0.912. The third-order valence-electron chi connectivity index (χ3n) is 2.36. The first-order chi connectivity index (χ1) is 8.11. The monoisotopic (exact) mass is 311 g/mol. The number of carbonyl (C=O) groups excluding carboxylic acids is 2. The van der Waals surface area contributed by atoms with E-state index in [-0.39, 0.29) is 11.1 Å². The predicted molar refractivity (Wildman–Crippen MR) is 72.5 cm³/mol. The van der Waals surface area contributed by atoms with Crippen molar-refractivity contribution in [1.29, 1.82) is 0 Å². The van der Waals surface area contributed by atoms with Crippen LogP contribution >= 0.6 is 27.7 Å². The van der Waals surface area contributed by atoms with Crippen LogP contribution in [-0.2, 0) is 4.79 Å². The summed E-state index contributed by atoms with van der Waals surface area (Å²) in [7, 11) is 0. The molecule has 2 rings (SSSR count). The number of rotatable bonds is 2. The van der Waals surface area contributed by atoms with E-state index in [1.165, 1.54) is 4.90 Å². The van der Waals surface area contributed by atoms with Crippen LogP contribution in [0.1, 0.15) is 12.5 Å². The average molecular weight is 312 g/mol. The molecule has 5 heteroatoms. The van der Waals surface area contributed by atoms with Gasteiger partial charge in [-0.25, -0.2) is 0 Å². The molecule has 1 aromatic rings. The number of hydrogen-bond acceptors (Lipinski definition) is 3. The van der Waals surface area contributed by atoms with Crippen LogP contribution in [-0.4, -0.2) is 22.6 Å². The van der Waals surface area contributed by atoms with Gasteiger partial charge >= 0.3 is 0 Å². The van der Waals surface area contributed by atoms with E-state index in [4.69, 9.17) is 0 Å². The molecule has 1 heterocycles. The molecule has 0 radical (unpaired) electrons. The van der Waals surface area contributed by atoms with Gasteiger partial charge in [0.25, 0.3) is 11.1 Å². The molecule has 0 aliphatic carbocycles. The van der Waals surface area contributed by atoms with Crippen molar-refractivity contribution >= 4 is 44.9 Å². The van der Waals surface area contributed by atoms with Gasteiger partial charge in [0.15, 0.2) is 0 Å². The third kappa shape index (κ3) is 2.61. The van der Waals surface area contributed by atoms with Crippen LogP contribution in [0.3, 0.4) is 0 Å². The second-order valence-corrected chi connectivity index (χ2v) is 5.39. The van der Waals surface area contributed by atoms with Gasteiger partial charge in [-0.15, -0.1) is 0 Å². The lowest BCUT2D eigenvalue weighted by Gasteiger charge is -2.06. The molecule has 1 fully saturated rings. The molecule has 0 bridgehead atoms. The van der Waals surface area contributed by atoms with E-state index in [9.17, 15) is 9.59 Å². The smallest absolute Gasteiger partial charge is 0.269 e. The van der Waals surface area contributed by atoms with E-state index in [1.54, 1.807) is 13.0 Å². The normalized spacial score (nSPS) is 18.2. The fourth-order valence-corrected chi connectivity index (χ4v) is 2.65. The fourth-order valence-electron chi connectivity index (χ4n) is 1.48. The molecular formula is C12H10BrNO2S. The molecule has 88 valence electrons. The number of hydrogen-bond donors (Lipinski definition) is 0. The zero-order chi connectivity index (χ0) is 12.4. The lowest BCUT2D eigenvalue weighted by molar-refractivity contribution is -0.122. The third-order valence-corrected chi connectivity index (χ3v) is 3.79. The first kappa shape index (κ1) is 12.4. The minimum Gasteiger partial charge on any atom is -0.269 e. The second-order valence-electron chi connectivity index (χ2n) is 3.48. The maximum atomic E-state index is 11.8. The van der Waals surface area contributed by atoms with Crippen molar-refractivity contribution < 1.29 is 9.59 Å². The number of amides is 2. The Kier molecular flexibility index (Phi) is 3.69. The van der Waals surface area contributed by atoms with E-state index in [0.717, 1.165) is 21.8 Å². The number of likely N-dealkylation sites (N-methyl/N-ethyl adjacent to an activating group) is 1. The fraction of sp³-hybridized carbons (Fsp3) is 0.167. The highest BCUT2D eigenvalue weighted by atomic mass is 79.9. The summed E-state index contributed by atoms with van der Waals surface area (Å²) in [4.78, 5) is 25.0. The average Bonchev–Trinajstić information content (AvgIpc) is 2.57. The zero-order valence-electron chi connectivity index (χ0n) is 9.14. The minimum absolute atomic E-state index is 0.194. The van der Waals surface area contributed by atoms with Crippen LogP contribution in [0.5, 0.6) is 0 Å². The molecule has 1 saturated heterocycles. The predicted octanol–water partition coefficient (Wildman–Crippen LogP) is 3.51. The first-order valence-corrected chi connectivity index (χ1v) is 6.73. The Morgan fingerprint density at radius 1 is 1.29 bits per heavy atom. The maximum absolute atomic E-state index is 11.8. The molecular weight excluding hydrogens is 302 g/mol. The summed E-state index contributed by atoms with van der Waals surface area (Å²) in [6, 6.07) is 7.58. The maximum Gasteiger partial charge on any atom is 0.293 e. The number of carbonyl (C=O) groups is 2. The van der Waals surface area contributed by atoms with Crippen molar-refractivity contribution in [3.05, 3.63) is 39.2 Å². The summed E-state index contributed by atoms with van der Waals surface area (Å²) in [6.07, 6.45) is 1.74. The van der Waals surface area contributed by atoms with Crippen LogP contribution in [0.2, 0.25) is 0 Å². The highest BCUT2D eigenvalue weighted by Crippen LogP contribution is 2.31. The lowest BCUT2D eigenvalue weighted by atomic mass is 10.2.